The van der Waals surface area contributed by atoms with Crippen molar-refractivity contribution in [3.05, 3.63) is 34.7 Å². The second-order valence-electron chi connectivity index (χ2n) is 3.23. The van der Waals surface area contributed by atoms with E-state index in [1.807, 2.05) is 0 Å². The van der Waals surface area contributed by atoms with Gasteiger partial charge in [0.05, 0.1) is 5.02 Å². The quantitative estimate of drug-likeness (QED) is 0.893. The molecule has 0 fully saturated rings. The van der Waals surface area contributed by atoms with Crippen molar-refractivity contribution < 1.29 is 9.02 Å². The van der Waals surface area contributed by atoms with Crippen molar-refractivity contribution in [2.45, 2.75) is 6.42 Å². The number of hydrogen-bond acceptors (Lipinski definition) is 4. The molecule has 0 amide bonds. The molecule has 2 rings (SSSR count). The molecule has 0 aliphatic rings. The molecule has 1 heterocycles. The van der Waals surface area contributed by atoms with Gasteiger partial charge in [0.25, 0.3) is 0 Å². The molecular formula is C10H9ClFN3O. The molecule has 0 saturated heterocycles. The first kappa shape index (κ1) is 11.0. The van der Waals surface area contributed by atoms with Crippen LogP contribution in [0.5, 0.6) is 0 Å². The highest BCUT2D eigenvalue weighted by Gasteiger charge is 2.13. The Balaban J connectivity index is 2.42. The van der Waals surface area contributed by atoms with Crippen molar-refractivity contribution in [3.63, 3.8) is 0 Å². The van der Waals surface area contributed by atoms with Crippen LogP contribution in [0, 0.1) is 5.82 Å². The lowest BCUT2D eigenvalue weighted by molar-refractivity contribution is 0.304. The fourth-order valence-corrected chi connectivity index (χ4v) is 1.49. The first-order chi connectivity index (χ1) is 7.72. The topological polar surface area (TPSA) is 64.9 Å². The van der Waals surface area contributed by atoms with E-state index < -0.39 is 5.82 Å². The number of aromatic nitrogens is 2. The van der Waals surface area contributed by atoms with Crippen LogP contribution in [0.3, 0.4) is 0 Å². The molecule has 0 spiro atoms. The monoisotopic (exact) mass is 241 g/mol. The molecule has 0 unspecified atom stereocenters. The Morgan fingerprint density at radius 2 is 2.19 bits per heavy atom. The lowest BCUT2D eigenvalue weighted by Crippen LogP contribution is -2.04. The van der Waals surface area contributed by atoms with Gasteiger partial charge in [0, 0.05) is 12.0 Å². The molecule has 1 aromatic carbocycles. The molecule has 0 aliphatic heterocycles. The minimum atomic E-state index is -0.499. The third-order valence-electron chi connectivity index (χ3n) is 2.13. The van der Waals surface area contributed by atoms with Crippen LogP contribution in [0.25, 0.3) is 11.3 Å². The standard InChI is InChI=1S/C10H9ClFN3O/c11-7-2-1-6(5-8(7)12)10-9(3-4-13)14-16-15-10/h1-2,5H,3-4,13H2. The number of nitrogens with zero attached hydrogens (tertiary/aromatic N) is 2. The molecule has 0 saturated carbocycles. The Kier molecular flexibility index (Phi) is 3.17. The summed E-state index contributed by atoms with van der Waals surface area (Å²) in [6, 6.07) is 4.42. The average Bonchev–Trinajstić information content (AvgIpc) is 2.71. The summed E-state index contributed by atoms with van der Waals surface area (Å²) in [6.45, 7) is 0.428. The summed E-state index contributed by atoms with van der Waals surface area (Å²) in [4.78, 5) is 0. The number of hydrogen-bond donors (Lipinski definition) is 1. The number of halogens is 2. The minimum Gasteiger partial charge on any atom is -0.330 e. The van der Waals surface area contributed by atoms with E-state index >= 15 is 0 Å². The van der Waals surface area contributed by atoms with E-state index in [0.29, 0.717) is 29.9 Å². The Morgan fingerprint density at radius 3 is 2.88 bits per heavy atom. The van der Waals surface area contributed by atoms with Crippen LogP contribution in [-0.2, 0) is 6.42 Å². The van der Waals surface area contributed by atoms with Gasteiger partial charge in [-0.1, -0.05) is 22.8 Å². The molecule has 0 bridgehead atoms. The van der Waals surface area contributed by atoms with Crippen molar-refractivity contribution in [1.29, 1.82) is 0 Å². The zero-order chi connectivity index (χ0) is 11.5. The predicted molar refractivity (Wildman–Crippen MR) is 57.5 cm³/mol. The van der Waals surface area contributed by atoms with E-state index in [1.165, 1.54) is 12.1 Å². The maximum absolute atomic E-state index is 13.3. The first-order valence-electron chi connectivity index (χ1n) is 4.69. The van der Waals surface area contributed by atoms with Crippen LogP contribution in [0.15, 0.2) is 22.8 Å². The summed E-state index contributed by atoms with van der Waals surface area (Å²) < 4.78 is 17.9. The van der Waals surface area contributed by atoms with Gasteiger partial charge in [-0.15, -0.1) is 0 Å². The molecular weight excluding hydrogens is 233 g/mol. The van der Waals surface area contributed by atoms with Crippen molar-refractivity contribution in [1.82, 2.24) is 10.3 Å². The Bertz CT molecular complexity index is 501. The highest BCUT2D eigenvalue weighted by Crippen LogP contribution is 2.24. The van der Waals surface area contributed by atoms with E-state index in [9.17, 15) is 4.39 Å². The molecule has 84 valence electrons. The molecule has 6 heteroatoms. The molecule has 0 aliphatic carbocycles. The van der Waals surface area contributed by atoms with Gasteiger partial charge in [0.1, 0.15) is 17.2 Å². The molecule has 0 radical (unpaired) electrons. The molecule has 4 nitrogen and oxygen atoms in total. The zero-order valence-electron chi connectivity index (χ0n) is 8.28. The van der Waals surface area contributed by atoms with Crippen LogP contribution in [0.1, 0.15) is 5.69 Å². The Morgan fingerprint density at radius 1 is 1.38 bits per heavy atom. The van der Waals surface area contributed by atoms with Crippen LogP contribution >= 0.6 is 11.6 Å². The average molecular weight is 242 g/mol. The fourth-order valence-electron chi connectivity index (χ4n) is 1.37. The van der Waals surface area contributed by atoms with E-state index in [-0.39, 0.29) is 5.02 Å². The lowest BCUT2D eigenvalue weighted by Gasteiger charge is -1.99. The maximum Gasteiger partial charge on any atom is 0.142 e. The van der Waals surface area contributed by atoms with E-state index in [2.05, 4.69) is 14.9 Å². The second kappa shape index (κ2) is 4.59. The van der Waals surface area contributed by atoms with Crippen molar-refractivity contribution >= 4 is 11.6 Å². The maximum atomic E-state index is 13.3. The van der Waals surface area contributed by atoms with E-state index in [1.54, 1.807) is 6.07 Å². The highest BCUT2D eigenvalue weighted by molar-refractivity contribution is 6.30. The third kappa shape index (κ3) is 2.05. The Hall–Kier alpha value is -1.46. The van der Waals surface area contributed by atoms with E-state index in [0.717, 1.165) is 0 Å². The highest BCUT2D eigenvalue weighted by atomic mass is 35.5. The van der Waals surface area contributed by atoms with Gasteiger partial charge in [-0.2, -0.15) is 0 Å². The van der Waals surface area contributed by atoms with Gasteiger partial charge in [-0.25, -0.2) is 9.02 Å². The van der Waals surface area contributed by atoms with Crippen LogP contribution in [0.2, 0.25) is 5.02 Å². The summed E-state index contributed by atoms with van der Waals surface area (Å²) in [5, 5.41) is 7.51. The summed E-state index contributed by atoms with van der Waals surface area (Å²) in [5.41, 5.74) is 7.11. The second-order valence-corrected chi connectivity index (χ2v) is 3.63. The smallest absolute Gasteiger partial charge is 0.142 e. The zero-order valence-corrected chi connectivity index (χ0v) is 9.04. The largest absolute Gasteiger partial charge is 0.330 e. The molecule has 2 aromatic rings. The summed E-state index contributed by atoms with van der Waals surface area (Å²) >= 11 is 5.59. The number of nitrogens with two attached hydrogens (primary N) is 1. The summed E-state index contributed by atoms with van der Waals surface area (Å²) in [7, 11) is 0. The van der Waals surface area contributed by atoms with Gasteiger partial charge < -0.3 is 5.73 Å². The van der Waals surface area contributed by atoms with Crippen molar-refractivity contribution in [3.8, 4) is 11.3 Å². The molecule has 16 heavy (non-hydrogen) atoms. The van der Waals surface area contributed by atoms with Gasteiger partial charge in [0.2, 0.25) is 0 Å². The molecule has 0 atom stereocenters. The summed E-state index contributed by atoms with van der Waals surface area (Å²) in [6.07, 6.45) is 0.531. The first-order valence-corrected chi connectivity index (χ1v) is 5.07. The van der Waals surface area contributed by atoms with Gasteiger partial charge >= 0.3 is 0 Å². The van der Waals surface area contributed by atoms with Gasteiger partial charge in [-0.05, 0) is 23.8 Å². The number of benzene rings is 1. The van der Waals surface area contributed by atoms with E-state index in [4.69, 9.17) is 17.3 Å². The lowest BCUT2D eigenvalue weighted by atomic mass is 10.1. The summed E-state index contributed by atoms with van der Waals surface area (Å²) in [5.74, 6) is -0.499. The normalized spacial score (nSPS) is 10.7. The van der Waals surface area contributed by atoms with Crippen molar-refractivity contribution in [2.75, 3.05) is 6.54 Å². The van der Waals surface area contributed by atoms with Crippen molar-refractivity contribution in [2.24, 2.45) is 5.73 Å². The molecule has 1 aromatic heterocycles. The van der Waals surface area contributed by atoms with Crippen LogP contribution in [-0.4, -0.2) is 16.9 Å². The van der Waals surface area contributed by atoms with Crippen LogP contribution < -0.4 is 5.73 Å². The van der Waals surface area contributed by atoms with Crippen LogP contribution in [0.4, 0.5) is 4.39 Å². The predicted octanol–water partition coefficient (Wildman–Crippen LogP) is 2.03. The number of rotatable bonds is 3. The van der Waals surface area contributed by atoms with Gasteiger partial charge in [-0.3, -0.25) is 0 Å². The Labute approximate surface area is 96.2 Å². The minimum absolute atomic E-state index is 0.0700. The SMILES string of the molecule is NCCc1nonc1-c1ccc(Cl)c(F)c1. The van der Waals surface area contributed by atoms with Gasteiger partial charge in [0.15, 0.2) is 0 Å². The fraction of sp³-hybridized carbons (Fsp3) is 0.200. The third-order valence-corrected chi connectivity index (χ3v) is 2.44. The molecule has 2 N–H and O–H groups in total.